The number of halogens is 1. The number of nitrogens with two attached hydrogens (primary N) is 1. The Kier molecular flexibility index (Phi) is 5.32. The van der Waals surface area contributed by atoms with Crippen molar-refractivity contribution in [2.75, 3.05) is 44.2 Å². The van der Waals surface area contributed by atoms with E-state index in [4.69, 9.17) is 5.73 Å². The standard InChI is InChI=1S/C18H24BrN7O3/c19-12-8-22-17(23-9-12)25-5-3-24(4-6-25)15(28)13-7-18(1-2-18)11-26(13)14(27)10-21-16(20)29/h8-9,13H,1-7,10-11H2,(H3,20,21,29)/t13-/m1/s1. The smallest absolute Gasteiger partial charge is 0.312 e. The molecule has 0 radical (unpaired) electrons. The zero-order valence-corrected chi connectivity index (χ0v) is 17.6. The summed E-state index contributed by atoms with van der Waals surface area (Å²) in [5.74, 6) is 0.373. The van der Waals surface area contributed by atoms with Crippen LogP contribution >= 0.6 is 15.9 Å². The van der Waals surface area contributed by atoms with Crippen molar-refractivity contribution in [3.63, 3.8) is 0 Å². The molecule has 11 heteroatoms. The summed E-state index contributed by atoms with van der Waals surface area (Å²) in [7, 11) is 0. The SMILES string of the molecule is NC(=O)NCC(=O)N1CC2(CC2)C[C@@H]1C(=O)N1CCN(c2ncc(Br)cn2)CC1. The molecule has 2 aliphatic heterocycles. The Bertz CT molecular complexity index is 806. The molecule has 1 aromatic heterocycles. The van der Waals surface area contributed by atoms with Crippen molar-refractivity contribution in [2.24, 2.45) is 11.1 Å². The van der Waals surface area contributed by atoms with Gasteiger partial charge in [-0.3, -0.25) is 9.59 Å². The van der Waals surface area contributed by atoms with E-state index in [2.05, 4.69) is 31.2 Å². The van der Waals surface area contributed by atoms with E-state index < -0.39 is 12.1 Å². The van der Waals surface area contributed by atoms with E-state index in [9.17, 15) is 14.4 Å². The Morgan fingerprint density at radius 2 is 1.83 bits per heavy atom. The predicted octanol–water partition coefficient (Wildman–Crippen LogP) is -0.0629. The van der Waals surface area contributed by atoms with Gasteiger partial charge in [-0.2, -0.15) is 0 Å². The first kappa shape index (κ1) is 19.9. The van der Waals surface area contributed by atoms with E-state index in [0.717, 1.165) is 17.3 Å². The lowest BCUT2D eigenvalue weighted by molar-refractivity contribution is -0.143. The average Bonchev–Trinajstić information content (AvgIpc) is 3.36. The minimum Gasteiger partial charge on any atom is -0.352 e. The number of carbonyl (C=O) groups is 3. The number of carbonyl (C=O) groups excluding carboxylic acids is 3. The van der Waals surface area contributed by atoms with Gasteiger partial charge in [-0.1, -0.05) is 0 Å². The molecule has 4 rings (SSSR count). The van der Waals surface area contributed by atoms with Gasteiger partial charge in [-0.15, -0.1) is 0 Å². The van der Waals surface area contributed by atoms with Crippen LogP contribution in [0.15, 0.2) is 16.9 Å². The lowest BCUT2D eigenvalue weighted by Crippen LogP contribution is -2.55. The fourth-order valence-electron chi connectivity index (χ4n) is 4.15. The van der Waals surface area contributed by atoms with Gasteiger partial charge in [0.1, 0.15) is 6.04 Å². The van der Waals surface area contributed by atoms with Crippen LogP contribution in [0.5, 0.6) is 0 Å². The largest absolute Gasteiger partial charge is 0.352 e. The number of nitrogens with one attached hydrogen (secondary N) is 1. The van der Waals surface area contributed by atoms with Crippen LogP contribution in [0.4, 0.5) is 10.7 Å². The van der Waals surface area contributed by atoms with Crippen molar-refractivity contribution < 1.29 is 14.4 Å². The van der Waals surface area contributed by atoms with Gasteiger partial charge >= 0.3 is 6.03 Å². The molecule has 1 saturated carbocycles. The van der Waals surface area contributed by atoms with Gasteiger partial charge in [0, 0.05) is 45.1 Å². The first-order valence-electron chi connectivity index (χ1n) is 9.71. The Morgan fingerprint density at radius 1 is 1.17 bits per heavy atom. The Hall–Kier alpha value is -2.43. The molecule has 3 N–H and O–H groups in total. The molecule has 3 fully saturated rings. The van der Waals surface area contributed by atoms with E-state index in [1.807, 2.05) is 9.80 Å². The molecule has 0 aromatic carbocycles. The molecule has 10 nitrogen and oxygen atoms in total. The first-order chi connectivity index (χ1) is 13.9. The van der Waals surface area contributed by atoms with Gasteiger partial charge in [-0.05, 0) is 40.6 Å². The maximum Gasteiger partial charge on any atom is 0.312 e. The van der Waals surface area contributed by atoms with Crippen molar-refractivity contribution in [2.45, 2.75) is 25.3 Å². The normalized spacial score (nSPS) is 22.7. The van der Waals surface area contributed by atoms with Crippen LogP contribution in [0.1, 0.15) is 19.3 Å². The van der Waals surface area contributed by atoms with Crippen LogP contribution in [-0.4, -0.2) is 82.9 Å². The topological polar surface area (TPSA) is 125 Å². The highest BCUT2D eigenvalue weighted by Crippen LogP contribution is 2.55. The summed E-state index contributed by atoms with van der Waals surface area (Å²) in [6.07, 6.45) is 6.19. The van der Waals surface area contributed by atoms with Crippen molar-refractivity contribution in [1.82, 2.24) is 25.1 Å². The van der Waals surface area contributed by atoms with Crippen molar-refractivity contribution in [3.05, 3.63) is 16.9 Å². The van der Waals surface area contributed by atoms with E-state index in [1.54, 1.807) is 17.3 Å². The number of urea groups is 1. The molecule has 1 atom stereocenters. The fourth-order valence-corrected chi connectivity index (χ4v) is 4.35. The second-order valence-corrected chi connectivity index (χ2v) is 8.89. The van der Waals surface area contributed by atoms with Crippen LogP contribution in [0.2, 0.25) is 0 Å². The van der Waals surface area contributed by atoms with Crippen LogP contribution in [0.25, 0.3) is 0 Å². The Balaban J connectivity index is 1.38. The molecule has 29 heavy (non-hydrogen) atoms. The van der Waals surface area contributed by atoms with Crippen LogP contribution in [0.3, 0.4) is 0 Å². The number of amides is 4. The average molecular weight is 466 g/mol. The summed E-state index contributed by atoms with van der Waals surface area (Å²) >= 11 is 3.33. The van der Waals surface area contributed by atoms with Gasteiger partial charge in [0.15, 0.2) is 0 Å². The lowest BCUT2D eigenvalue weighted by Gasteiger charge is -2.37. The second kappa shape index (κ2) is 7.77. The minimum absolute atomic E-state index is 0.0161. The Morgan fingerprint density at radius 3 is 2.41 bits per heavy atom. The van der Waals surface area contributed by atoms with Crippen LogP contribution in [-0.2, 0) is 9.59 Å². The highest BCUT2D eigenvalue weighted by Gasteiger charge is 2.55. The maximum atomic E-state index is 13.2. The zero-order chi connectivity index (χ0) is 20.6. The highest BCUT2D eigenvalue weighted by atomic mass is 79.9. The Labute approximate surface area is 176 Å². The molecule has 0 unspecified atom stereocenters. The van der Waals surface area contributed by atoms with Gasteiger partial charge in [0.25, 0.3) is 0 Å². The predicted molar refractivity (Wildman–Crippen MR) is 108 cm³/mol. The summed E-state index contributed by atoms with van der Waals surface area (Å²) in [5, 5.41) is 2.34. The molecular formula is C18H24BrN7O3. The van der Waals surface area contributed by atoms with E-state index in [0.29, 0.717) is 45.1 Å². The third kappa shape index (κ3) is 4.29. The monoisotopic (exact) mass is 465 g/mol. The number of aromatic nitrogens is 2. The van der Waals surface area contributed by atoms with Gasteiger partial charge < -0.3 is 25.8 Å². The third-order valence-corrected chi connectivity index (χ3v) is 6.38. The molecule has 0 bridgehead atoms. The van der Waals surface area contributed by atoms with E-state index in [-0.39, 0.29) is 23.8 Å². The minimum atomic E-state index is -0.743. The van der Waals surface area contributed by atoms with Gasteiger partial charge in [0.05, 0.1) is 11.0 Å². The zero-order valence-electron chi connectivity index (χ0n) is 16.0. The number of primary amides is 1. The number of anilines is 1. The highest BCUT2D eigenvalue weighted by molar-refractivity contribution is 9.10. The number of nitrogens with zero attached hydrogens (tertiary/aromatic N) is 5. The molecule has 1 spiro atoms. The number of piperazine rings is 1. The number of likely N-dealkylation sites (tertiary alicyclic amines) is 1. The fraction of sp³-hybridized carbons (Fsp3) is 0.611. The molecule has 3 heterocycles. The molecule has 3 aliphatic rings. The summed E-state index contributed by atoms with van der Waals surface area (Å²) in [5.41, 5.74) is 5.15. The van der Waals surface area contributed by atoms with Gasteiger partial charge in [0.2, 0.25) is 17.8 Å². The van der Waals surface area contributed by atoms with E-state index >= 15 is 0 Å². The molecular weight excluding hydrogens is 442 g/mol. The third-order valence-electron chi connectivity index (χ3n) is 5.97. The van der Waals surface area contributed by atoms with Gasteiger partial charge in [-0.25, -0.2) is 14.8 Å². The molecule has 1 aliphatic carbocycles. The number of rotatable bonds is 4. The molecule has 2 saturated heterocycles. The van der Waals surface area contributed by atoms with Crippen molar-refractivity contribution >= 4 is 39.7 Å². The van der Waals surface area contributed by atoms with Crippen LogP contribution < -0.4 is 16.0 Å². The second-order valence-electron chi connectivity index (χ2n) is 7.97. The quantitative estimate of drug-likeness (QED) is 0.641. The summed E-state index contributed by atoms with van der Waals surface area (Å²) < 4.78 is 0.820. The van der Waals surface area contributed by atoms with Crippen LogP contribution in [0, 0.1) is 5.41 Å². The van der Waals surface area contributed by atoms with Crippen molar-refractivity contribution in [1.29, 1.82) is 0 Å². The summed E-state index contributed by atoms with van der Waals surface area (Å²) in [6.45, 7) is 2.80. The molecule has 4 amide bonds. The molecule has 156 valence electrons. The maximum absolute atomic E-state index is 13.2. The summed E-state index contributed by atoms with van der Waals surface area (Å²) in [4.78, 5) is 50.9. The lowest BCUT2D eigenvalue weighted by atomic mass is 10.0. The number of hydrogen-bond donors (Lipinski definition) is 2. The first-order valence-corrected chi connectivity index (χ1v) is 10.5. The summed E-state index contributed by atoms with van der Waals surface area (Å²) in [6, 6.07) is -1.21. The van der Waals surface area contributed by atoms with Crippen molar-refractivity contribution in [3.8, 4) is 0 Å². The van der Waals surface area contributed by atoms with E-state index in [1.165, 1.54) is 0 Å². The number of hydrogen-bond acceptors (Lipinski definition) is 6. The molecule has 1 aromatic rings.